The Morgan fingerprint density at radius 3 is 2.19 bits per heavy atom. The van der Waals surface area contributed by atoms with Crippen molar-refractivity contribution in [3.8, 4) is 5.75 Å². The van der Waals surface area contributed by atoms with Crippen LogP contribution >= 0.6 is 0 Å². The molecule has 9 heteroatoms. The van der Waals surface area contributed by atoms with E-state index in [9.17, 15) is 24.5 Å². The van der Waals surface area contributed by atoms with E-state index in [-0.39, 0.29) is 22.6 Å². The van der Waals surface area contributed by atoms with E-state index in [2.05, 4.69) is 0 Å². The van der Waals surface area contributed by atoms with Crippen molar-refractivity contribution in [1.29, 1.82) is 0 Å². The predicted octanol–water partition coefficient (Wildman–Crippen LogP) is 1.80. The number of carbonyl (C=O) groups excluding carboxylic acids is 2. The first-order chi connectivity index (χ1) is 12.3. The quantitative estimate of drug-likeness (QED) is 0.250. The molecule has 0 saturated carbocycles. The molecule has 134 valence electrons. The van der Waals surface area contributed by atoms with Crippen LogP contribution in [0.5, 0.6) is 5.75 Å². The van der Waals surface area contributed by atoms with Crippen molar-refractivity contribution in [3.63, 3.8) is 0 Å². The van der Waals surface area contributed by atoms with Crippen LogP contribution in [0.15, 0.2) is 48.5 Å². The van der Waals surface area contributed by atoms with Crippen LogP contribution in [0.1, 0.15) is 27.1 Å². The molecule has 0 aromatic heterocycles. The number of ether oxygens (including phenoxy) is 1. The lowest BCUT2D eigenvalue weighted by Crippen LogP contribution is -2.36. The van der Waals surface area contributed by atoms with Gasteiger partial charge in [0.15, 0.2) is 5.78 Å². The van der Waals surface area contributed by atoms with Gasteiger partial charge in [0.1, 0.15) is 11.8 Å². The number of hydrogen-bond acceptors (Lipinski definition) is 7. The first-order valence-electron chi connectivity index (χ1n) is 7.37. The summed E-state index contributed by atoms with van der Waals surface area (Å²) >= 11 is 0. The summed E-state index contributed by atoms with van der Waals surface area (Å²) in [5, 5.41) is 19.7. The van der Waals surface area contributed by atoms with Gasteiger partial charge in [-0.3, -0.25) is 14.9 Å². The van der Waals surface area contributed by atoms with Crippen molar-refractivity contribution < 1.29 is 29.2 Å². The number of nitrogens with zero attached hydrogens (tertiary/aromatic N) is 1. The van der Waals surface area contributed by atoms with Gasteiger partial charge in [-0.2, -0.15) is 0 Å². The van der Waals surface area contributed by atoms with E-state index in [0.717, 1.165) is 12.1 Å². The van der Waals surface area contributed by atoms with Crippen LogP contribution in [0.2, 0.25) is 0 Å². The fourth-order valence-electron chi connectivity index (χ4n) is 2.13. The lowest BCUT2D eigenvalue weighted by atomic mass is 9.99. The number of nitro groups is 1. The number of rotatable bonds is 7. The lowest BCUT2D eigenvalue weighted by molar-refractivity contribution is -0.384. The topological polar surface area (TPSA) is 150 Å². The molecule has 3 N–H and O–H groups in total. The van der Waals surface area contributed by atoms with Gasteiger partial charge in [-0.05, 0) is 18.2 Å². The monoisotopic (exact) mass is 358 g/mol. The average Bonchev–Trinajstić information content (AvgIpc) is 2.61. The largest absolute Gasteiger partial charge is 0.478 e. The maximum absolute atomic E-state index is 12.2. The van der Waals surface area contributed by atoms with Crippen LogP contribution < -0.4 is 10.5 Å². The molecule has 0 fully saturated rings. The molecule has 2 aromatic rings. The molecular weight excluding hydrogens is 344 g/mol. The molecular formula is C17H14N2O7. The number of nitrogens with two attached hydrogens (primary N) is 1. The number of hydrogen-bond donors (Lipinski definition) is 2. The standard InChI is InChI=1S/C17H14N2O7/c18-14(9-15(20)12-3-1-2-4-13(12)16(21)22)17(23)26-11-7-5-10(6-8-11)19(24)25/h1-8,14H,9,18H2,(H,21,22)/t14-/m0/s1. The molecule has 1 atom stereocenters. The Hall–Kier alpha value is -3.59. The van der Waals surface area contributed by atoms with Gasteiger partial charge in [0.2, 0.25) is 0 Å². The molecule has 0 aliphatic heterocycles. The van der Waals surface area contributed by atoms with Gasteiger partial charge >= 0.3 is 11.9 Å². The first kappa shape index (κ1) is 18.7. The van der Waals surface area contributed by atoms with Gasteiger partial charge in [0.25, 0.3) is 5.69 Å². The lowest BCUT2D eigenvalue weighted by Gasteiger charge is -2.11. The number of aromatic carboxylic acids is 1. The molecule has 0 radical (unpaired) electrons. The van der Waals surface area contributed by atoms with Crippen molar-refractivity contribution in [2.24, 2.45) is 5.73 Å². The Morgan fingerprint density at radius 1 is 1.08 bits per heavy atom. The smallest absolute Gasteiger partial charge is 0.336 e. The second kappa shape index (κ2) is 7.99. The molecule has 9 nitrogen and oxygen atoms in total. The number of Topliss-reactive ketones (excluding diaryl/α,β-unsaturated/α-hetero) is 1. The van der Waals surface area contributed by atoms with Gasteiger partial charge in [-0.15, -0.1) is 0 Å². The molecule has 2 rings (SSSR count). The Bertz CT molecular complexity index is 862. The second-order valence-electron chi connectivity index (χ2n) is 5.26. The summed E-state index contributed by atoms with van der Waals surface area (Å²) < 4.78 is 4.97. The highest BCUT2D eigenvalue weighted by atomic mass is 16.6. The van der Waals surface area contributed by atoms with Crippen LogP contribution in [0, 0.1) is 10.1 Å². The summed E-state index contributed by atoms with van der Waals surface area (Å²) in [5.74, 6) is -2.76. The van der Waals surface area contributed by atoms with E-state index in [4.69, 9.17) is 15.6 Å². The maximum Gasteiger partial charge on any atom is 0.336 e. The van der Waals surface area contributed by atoms with Crippen LogP contribution in [0.25, 0.3) is 0 Å². The maximum atomic E-state index is 12.2. The molecule has 2 aromatic carbocycles. The number of nitro benzene ring substituents is 1. The minimum absolute atomic E-state index is 0.0365. The van der Waals surface area contributed by atoms with Gasteiger partial charge in [-0.25, -0.2) is 9.59 Å². The van der Waals surface area contributed by atoms with Crippen molar-refractivity contribution in [2.75, 3.05) is 0 Å². The van der Waals surface area contributed by atoms with Crippen molar-refractivity contribution in [3.05, 3.63) is 69.8 Å². The number of benzene rings is 2. The predicted molar refractivity (Wildman–Crippen MR) is 89.1 cm³/mol. The third-order valence-corrected chi connectivity index (χ3v) is 3.43. The van der Waals surface area contributed by atoms with Crippen molar-refractivity contribution in [1.82, 2.24) is 0 Å². The third kappa shape index (κ3) is 4.48. The zero-order valence-corrected chi connectivity index (χ0v) is 13.3. The van der Waals surface area contributed by atoms with Gasteiger partial charge in [-0.1, -0.05) is 18.2 Å². The Balaban J connectivity index is 2.04. The van der Waals surface area contributed by atoms with Gasteiger partial charge in [0, 0.05) is 24.1 Å². The SMILES string of the molecule is N[C@@H](CC(=O)c1ccccc1C(=O)O)C(=O)Oc1ccc([N+](=O)[O-])cc1. The number of carbonyl (C=O) groups is 3. The highest BCUT2D eigenvalue weighted by Crippen LogP contribution is 2.18. The van der Waals surface area contributed by atoms with Crippen LogP contribution in [0.4, 0.5) is 5.69 Å². The number of non-ortho nitro benzene ring substituents is 1. The zero-order valence-electron chi connectivity index (χ0n) is 13.3. The van der Waals surface area contributed by atoms with Crippen LogP contribution in [-0.2, 0) is 4.79 Å². The average molecular weight is 358 g/mol. The fraction of sp³-hybridized carbons (Fsp3) is 0.118. The highest BCUT2D eigenvalue weighted by molar-refractivity contribution is 6.07. The summed E-state index contributed by atoms with van der Waals surface area (Å²) in [4.78, 5) is 45.3. The number of carboxylic acids is 1. The summed E-state index contributed by atoms with van der Waals surface area (Å²) in [6, 6.07) is 9.03. The Labute approximate surface area is 147 Å². The van der Waals surface area contributed by atoms with Gasteiger partial charge < -0.3 is 15.6 Å². The van der Waals surface area contributed by atoms with E-state index < -0.39 is 35.1 Å². The number of carboxylic acid groups (broad SMARTS) is 1. The third-order valence-electron chi connectivity index (χ3n) is 3.43. The number of esters is 1. The normalized spacial score (nSPS) is 11.4. The Morgan fingerprint density at radius 2 is 1.65 bits per heavy atom. The fourth-order valence-corrected chi connectivity index (χ4v) is 2.13. The molecule has 0 aliphatic carbocycles. The molecule has 0 saturated heterocycles. The van der Waals surface area contributed by atoms with E-state index in [0.29, 0.717) is 0 Å². The molecule has 0 heterocycles. The Kier molecular flexibility index (Phi) is 5.76. The summed E-state index contributed by atoms with van der Waals surface area (Å²) in [7, 11) is 0. The number of ketones is 1. The van der Waals surface area contributed by atoms with Crippen molar-refractivity contribution in [2.45, 2.75) is 12.5 Å². The minimum atomic E-state index is -1.32. The molecule has 0 unspecified atom stereocenters. The van der Waals surface area contributed by atoms with E-state index >= 15 is 0 Å². The zero-order chi connectivity index (χ0) is 19.3. The molecule has 0 aliphatic rings. The van der Waals surface area contributed by atoms with Gasteiger partial charge in [0.05, 0.1) is 10.5 Å². The molecule has 26 heavy (non-hydrogen) atoms. The summed E-state index contributed by atoms with van der Waals surface area (Å²) in [6.07, 6.45) is -0.448. The van der Waals surface area contributed by atoms with E-state index in [1.807, 2.05) is 0 Å². The minimum Gasteiger partial charge on any atom is -0.478 e. The summed E-state index contributed by atoms with van der Waals surface area (Å²) in [6.45, 7) is 0. The summed E-state index contributed by atoms with van der Waals surface area (Å²) in [5.41, 5.74) is 5.24. The van der Waals surface area contributed by atoms with E-state index in [1.165, 1.54) is 36.4 Å². The second-order valence-corrected chi connectivity index (χ2v) is 5.26. The molecule has 0 bridgehead atoms. The molecule has 0 spiro atoms. The molecule has 0 amide bonds. The van der Waals surface area contributed by atoms with Crippen molar-refractivity contribution >= 4 is 23.4 Å². The van der Waals surface area contributed by atoms with Crippen LogP contribution in [0.3, 0.4) is 0 Å². The first-order valence-corrected chi connectivity index (χ1v) is 7.37. The highest BCUT2D eigenvalue weighted by Gasteiger charge is 2.23. The van der Waals surface area contributed by atoms with E-state index in [1.54, 1.807) is 0 Å². The van der Waals surface area contributed by atoms with Crippen LogP contribution in [-0.4, -0.2) is 33.8 Å².